The summed E-state index contributed by atoms with van der Waals surface area (Å²) in [5, 5.41) is 4.70. The molecule has 0 bridgehead atoms. The van der Waals surface area contributed by atoms with Gasteiger partial charge in [-0.2, -0.15) is 0 Å². The summed E-state index contributed by atoms with van der Waals surface area (Å²) in [5.41, 5.74) is 1.27. The molecule has 5 nitrogen and oxygen atoms in total. The molecule has 0 saturated heterocycles. The molecule has 0 unspecified atom stereocenters. The van der Waals surface area contributed by atoms with Crippen molar-refractivity contribution in [2.24, 2.45) is 0 Å². The summed E-state index contributed by atoms with van der Waals surface area (Å²) in [6, 6.07) is 20.4. The minimum Gasteiger partial charge on any atom is -0.496 e. The molecule has 5 heteroatoms. The van der Waals surface area contributed by atoms with Crippen molar-refractivity contribution in [1.29, 1.82) is 0 Å². The smallest absolute Gasteiger partial charge is 0.338 e. The summed E-state index contributed by atoms with van der Waals surface area (Å²) in [4.78, 5) is 24.1. The van der Waals surface area contributed by atoms with Crippen molar-refractivity contribution >= 4 is 22.6 Å². The van der Waals surface area contributed by atoms with E-state index in [2.05, 4.69) is 5.32 Å². The molecule has 0 aliphatic carbocycles. The average molecular weight is 349 g/mol. The highest BCUT2D eigenvalue weighted by atomic mass is 16.5. The van der Waals surface area contributed by atoms with Crippen molar-refractivity contribution in [3.63, 3.8) is 0 Å². The van der Waals surface area contributed by atoms with Gasteiger partial charge in [0.1, 0.15) is 5.75 Å². The van der Waals surface area contributed by atoms with Gasteiger partial charge in [-0.15, -0.1) is 0 Å². The third-order valence-corrected chi connectivity index (χ3v) is 3.99. The molecule has 1 N–H and O–H groups in total. The average Bonchev–Trinajstić information content (AvgIpc) is 2.70. The summed E-state index contributed by atoms with van der Waals surface area (Å²) >= 11 is 0. The first-order valence-electron chi connectivity index (χ1n) is 8.22. The Balaban J connectivity index is 1.54. The number of benzene rings is 3. The maximum absolute atomic E-state index is 12.1. The van der Waals surface area contributed by atoms with Crippen LogP contribution in [-0.4, -0.2) is 25.6 Å². The Morgan fingerprint density at radius 1 is 0.923 bits per heavy atom. The minimum absolute atomic E-state index is 0.302. The van der Waals surface area contributed by atoms with Gasteiger partial charge in [-0.3, -0.25) is 4.79 Å². The number of esters is 1. The molecule has 0 aliphatic rings. The number of methoxy groups -OCH3 is 1. The number of amides is 1. The Kier molecular flexibility index (Phi) is 5.49. The largest absolute Gasteiger partial charge is 0.496 e. The van der Waals surface area contributed by atoms with Crippen LogP contribution in [0.5, 0.6) is 5.75 Å². The Morgan fingerprint density at radius 3 is 2.46 bits per heavy atom. The lowest BCUT2D eigenvalue weighted by molar-refractivity contribution is -0.124. The van der Waals surface area contributed by atoms with Gasteiger partial charge in [0.15, 0.2) is 6.61 Å². The summed E-state index contributed by atoms with van der Waals surface area (Å²) in [7, 11) is 1.58. The quantitative estimate of drug-likeness (QED) is 0.694. The van der Waals surface area contributed by atoms with Gasteiger partial charge in [-0.1, -0.05) is 48.5 Å². The Labute approximate surface area is 151 Å². The fraction of sp³-hybridized carbons (Fsp3) is 0.143. The van der Waals surface area contributed by atoms with Gasteiger partial charge < -0.3 is 14.8 Å². The van der Waals surface area contributed by atoms with Crippen molar-refractivity contribution in [1.82, 2.24) is 5.32 Å². The first-order valence-corrected chi connectivity index (χ1v) is 8.22. The van der Waals surface area contributed by atoms with Crippen LogP contribution in [0.3, 0.4) is 0 Å². The molecule has 0 saturated carbocycles. The molecule has 0 fully saturated rings. The van der Waals surface area contributed by atoms with Gasteiger partial charge >= 0.3 is 5.97 Å². The second-order valence-corrected chi connectivity index (χ2v) is 5.73. The van der Waals surface area contributed by atoms with Crippen LogP contribution in [0.2, 0.25) is 0 Å². The van der Waals surface area contributed by atoms with E-state index in [1.807, 2.05) is 54.6 Å². The molecule has 0 spiro atoms. The molecule has 132 valence electrons. The highest BCUT2D eigenvalue weighted by Gasteiger charge is 2.11. The van der Waals surface area contributed by atoms with Crippen LogP contribution in [-0.2, 0) is 16.1 Å². The number of carbonyl (C=O) groups excluding carboxylic acids is 2. The van der Waals surface area contributed by atoms with Crippen LogP contribution < -0.4 is 10.1 Å². The first kappa shape index (κ1) is 17.5. The molecular weight excluding hydrogens is 330 g/mol. The normalized spacial score (nSPS) is 10.3. The van der Waals surface area contributed by atoms with E-state index in [-0.39, 0.29) is 12.5 Å². The molecule has 0 radical (unpaired) electrons. The number of rotatable bonds is 6. The maximum Gasteiger partial charge on any atom is 0.338 e. The number of ether oxygens (including phenoxy) is 2. The number of para-hydroxylation sites is 1. The summed E-state index contributed by atoms with van der Waals surface area (Å²) in [6.45, 7) is -0.0306. The predicted octanol–water partition coefficient (Wildman–Crippen LogP) is 3.32. The van der Waals surface area contributed by atoms with Crippen molar-refractivity contribution in [3.8, 4) is 5.75 Å². The monoisotopic (exact) mass is 349 g/mol. The van der Waals surface area contributed by atoms with Crippen molar-refractivity contribution < 1.29 is 19.1 Å². The molecule has 1 amide bonds. The zero-order valence-corrected chi connectivity index (χ0v) is 14.4. The van der Waals surface area contributed by atoms with Crippen molar-refractivity contribution in [2.45, 2.75) is 6.54 Å². The lowest BCUT2D eigenvalue weighted by Gasteiger charge is -2.10. The third kappa shape index (κ3) is 4.19. The fourth-order valence-corrected chi connectivity index (χ4v) is 2.62. The van der Waals surface area contributed by atoms with Crippen LogP contribution in [0.25, 0.3) is 10.8 Å². The molecule has 0 heterocycles. The lowest BCUT2D eigenvalue weighted by Crippen LogP contribution is -2.28. The summed E-state index contributed by atoms with van der Waals surface area (Å²) in [6.07, 6.45) is 0. The number of carbonyl (C=O) groups is 2. The van der Waals surface area contributed by atoms with Gasteiger partial charge in [-0.25, -0.2) is 4.79 Å². The van der Waals surface area contributed by atoms with E-state index in [1.165, 1.54) is 0 Å². The van der Waals surface area contributed by atoms with Crippen LogP contribution in [0.1, 0.15) is 15.9 Å². The highest BCUT2D eigenvalue weighted by molar-refractivity contribution is 5.96. The summed E-state index contributed by atoms with van der Waals surface area (Å²) < 4.78 is 10.3. The Hall–Kier alpha value is -3.34. The van der Waals surface area contributed by atoms with E-state index in [9.17, 15) is 9.59 Å². The van der Waals surface area contributed by atoms with E-state index in [4.69, 9.17) is 9.47 Å². The van der Waals surface area contributed by atoms with Crippen molar-refractivity contribution in [3.05, 3.63) is 77.9 Å². The Morgan fingerprint density at radius 2 is 1.65 bits per heavy atom. The molecule has 0 aromatic heterocycles. The van der Waals surface area contributed by atoms with E-state index in [1.54, 1.807) is 19.2 Å². The van der Waals surface area contributed by atoms with E-state index in [0.29, 0.717) is 17.9 Å². The molecule has 0 atom stereocenters. The lowest BCUT2D eigenvalue weighted by atomic mass is 10.1. The standard InChI is InChI=1S/C21H19NO4/c1-25-19-9-5-4-8-18(19)13-22-20(23)14-26-21(24)17-11-10-15-6-2-3-7-16(15)12-17/h2-12H,13-14H2,1H3,(H,22,23). The first-order chi connectivity index (χ1) is 12.7. The second kappa shape index (κ2) is 8.16. The molecule has 26 heavy (non-hydrogen) atoms. The zero-order valence-electron chi connectivity index (χ0n) is 14.4. The van der Waals surface area contributed by atoms with Crippen LogP contribution in [0, 0.1) is 0 Å². The van der Waals surface area contributed by atoms with Crippen molar-refractivity contribution in [2.75, 3.05) is 13.7 Å². The van der Waals surface area contributed by atoms with Gasteiger partial charge in [-0.05, 0) is 29.0 Å². The molecule has 3 rings (SSSR count). The minimum atomic E-state index is -0.525. The third-order valence-electron chi connectivity index (χ3n) is 3.99. The topological polar surface area (TPSA) is 64.6 Å². The van der Waals surface area contributed by atoms with Crippen LogP contribution >= 0.6 is 0 Å². The van der Waals surface area contributed by atoms with Crippen LogP contribution in [0.4, 0.5) is 0 Å². The molecule has 3 aromatic rings. The zero-order chi connectivity index (χ0) is 18.4. The maximum atomic E-state index is 12.1. The number of hydrogen-bond acceptors (Lipinski definition) is 4. The number of nitrogens with one attached hydrogen (secondary N) is 1. The van der Waals surface area contributed by atoms with Gasteiger partial charge in [0, 0.05) is 12.1 Å². The summed E-state index contributed by atoms with van der Waals surface area (Å²) in [5.74, 6) is -0.200. The molecular formula is C21H19NO4. The SMILES string of the molecule is COc1ccccc1CNC(=O)COC(=O)c1ccc2ccccc2c1. The highest BCUT2D eigenvalue weighted by Crippen LogP contribution is 2.17. The molecule has 0 aliphatic heterocycles. The van der Waals surface area contributed by atoms with Crippen LogP contribution in [0.15, 0.2) is 66.7 Å². The van der Waals surface area contributed by atoms with E-state index >= 15 is 0 Å². The fourth-order valence-electron chi connectivity index (χ4n) is 2.62. The Bertz CT molecular complexity index is 936. The number of fused-ring (bicyclic) bond motifs is 1. The van der Waals surface area contributed by atoms with Gasteiger partial charge in [0.05, 0.1) is 12.7 Å². The molecule has 3 aromatic carbocycles. The van der Waals surface area contributed by atoms with E-state index in [0.717, 1.165) is 16.3 Å². The second-order valence-electron chi connectivity index (χ2n) is 5.73. The van der Waals surface area contributed by atoms with E-state index < -0.39 is 5.97 Å². The van der Waals surface area contributed by atoms with Gasteiger partial charge in [0.25, 0.3) is 5.91 Å². The number of hydrogen-bond donors (Lipinski definition) is 1. The predicted molar refractivity (Wildman–Crippen MR) is 99.1 cm³/mol. The van der Waals surface area contributed by atoms with Gasteiger partial charge in [0.2, 0.25) is 0 Å².